The SMILES string of the molecule is FCCCNc1ccc(-c2ccn3c(n2)nc2ccccc23)cc1. The van der Waals surface area contributed by atoms with Gasteiger partial charge < -0.3 is 5.32 Å². The highest BCUT2D eigenvalue weighted by Gasteiger charge is 2.07. The molecule has 5 heteroatoms. The van der Waals surface area contributed by atoms with Gasteiger partial charge in [-0.05, 0) is 36.8 Å². The zero-order valence-electron chi connectivity index (χ0n) is 13.1. The lowest BCUT2D eigenvalue weighted by molar-refractivity contribution is 0.481. The van der Waals surface area contributed by atoms with Crippen molar-refractivity contribution in [1.82, 2.24) is 14.4 Å². The van der Waals surface area contributed by atoms with Crippen LogP contribution in [0.15, 0.2) is 60.8 Å². The van der Waals surface area contributed by atoms with E-state index in [9.17, 15) is 4.39 Å². The van der Waals surface area contributed by atoms with Gasteiger partial charge in [0.1, 0.15) is 0 Å². The molecule has 0 fully saturated rings. The van der Waals surface area contributed by atoms with E-state index in [2.05, 4.69) is 15.3 Å². The third kappa shape index (κ3) is 2.69. The predicted molar refractivity (Wildman–Crippen MR) is 95.0 cm³/mol. The van der Waals surface area contributed by atoms with Crippen molar-refractivity contribution in [2.24, 2.45) is 0 Å². The van der Waals surface area contributed by atoms with Crippen LogP contribution in [0.25, 0.3) is 28.1 Å². The second-order valence-electron chi connectivity index (χ2n) is 5.63. The van der Waals surface area contributed by atoms with Gasteiger partial charge in [0.15, 0.2) is 0 Å². The molecule has 2 heterocycles. The number of alkyl halides is 1. The lowest BCUT2D eigenvalue weighted by Gasteiger charge is -2.06. The second kappa shape index (κ2) is 6.28. The Hall–Kier alpha value is -2.95. The maximum absolute atomic E-state index is 12.1. The van der Waals surface area contributed by atoms with Crippen LogP contribution in [0.4, 0.5) is 10.1 Å². The van der Waals surface area contributed by atoms with Crippen molar-refractivity contribution in [2.75, 3.05) is 18.5 Å². The minimum atomic E-state index is -0.298. The normalized spacial score (nSPS) is 11.2. The van der Waals surface area contributed by atoms with Crippen molar-refractivity contribution < 1.29 is 4.39 Å². The Kier molecular flexibility index (Phi) is 3.83. The van der Waals surface area contributed by atoms with E-state index in [1.807, 2.05) is 65.2 Å². The highest BCUT2D eigenvalue weighted by atomic mass is 19.1. The molecule has 0 aliphatic heterocycles. The molecule has 4 nitrogen and oxygen atoms in total. The molecule has 0 aliphatic carbocycles. The van der Waals surface area contributed by atoms with E-state index in [-0.39, 0.29) is 6.67 Å². The van der Waals surface area contributed by atoms with E-state index in [4.69, 9.17) is 0 Å². The molecule has 0 saturated carbocycles. The molecule has 4 rings (SSSR count). The number of imidazole rings is 1. The molecule has 24 heavy (non-hydrogen) atoms. The second-order valence-corrected chi connectivity index (χ2v) is 5.63. The molecule has 0 unspecified atom stereocenters. The van der Waals surface area contributed by atoms with Gasteiger partial charge in [0.2, 0.25) is 5.78 Å². The van der Waals surface area contributed by atoms with Crippen molar-refractivity contribution in [3.63, 3.8) is 0 Å². The molecule has 0 atom stereocenters. The third-order valence-corrected chi connectivity index (χ3v) is 4.00. The molecule has 0 bridgehead atoms. The third-order valence-electron chi connectivity index (χ3n) is 4.00. The van der Waals surface area contributed by atoms with Gasteiger partial charge >= 0.3 is 0 Å². The van der Waals surface area contributed by atoms with Gasteiger partial charge in [-0.1, -0.05) is 24.3 Å². The summed E-state index contributed by atoms with van der Waals surface area (Å²) in [6.45, 7) is 0.342. The summed E-state index contributed by atoms with van der Waals surface area (Å²) in [5.74, 6) is 0.693. The Balaban J connectivity index is 1.65. The summed E-state index contributed by atoms with van der Waals surface area (Å²) in [6, 6.07) is 18.0. The molecule has 0 aliphatic rings. The highest BCUT2D eigenvalue weighted by Crippen LogP contribution is 2.22. The first kappa shape index (κ1) is 14.6. The largest absolute Gasteiger partial charge is 0.385 e. The molecule has 0 radical (unpaired) electrons. The van der Waals surface area contributed by atoms with Crippen molar-refractivity contribution >= 4 is 22.5 Å². The number of para-hydroxylation sites is 2. The molecule has 4 aromatic rings. The fourth-order valence-corrected chi connectivity index (χ4v) is 2.77. The monoisotopic (exact) mass is 320 g/mol. The van der Waals surface area contributed by atoms with Gasteiger partial charge in [0.25, 0.3) is 0 Å². The maximum Gasteiger partial charge on any atom is 0.235 e. The van der Waals surface area contributed by atoms with E-state index < -0.39 is 0 Å². The topological polar surface area (TPSA) is 42.2 Å². The summed E-state index contributed by atoms with van der Waals surface area (Å²) in [4.78, 5) is 9.24. The van der Waals surface area contributed by atoms with E-state index in [0.717, 1.165) is 28.0 Å². The first-order chi connectivity index (χ1) is 11.8. The lowest BCUT2D eigenvalue weighted by Crippen LogP contribution is -2.01. The number of rotatable bonds is 5. The number of halogens is 1. The zero-order chi connectivity index (χ0) is 16.4. The Morgan fingerprint density at radius 3 is 2.62 bits per heavy atom. The molecule has 0 spiro atoms. The van der Waals surface area contributed by atoms with Crippen molar-refractivity contribution in [1.29, 1.82) is 0 Å². The molecule has 0 saturated heterocycles. The minimum Gasteiger partial charge on any atom is -0.385 e. The van der Waals surface area contributed by atoms with Gasteiger partial charge in [-0.2, -0.15) is 0 Å². The molecule has 0 amide bonds. The van der Waals surface area contributed by atoms with Crippen LogP contribution in [0.2, 0.25) is 0 Å². The number of aromatic nitrogens is 3. The number of hydrogen-bond acceptors (Lipinski definition) is 3. The number of nitrogens with zero attached hydrogens (tertiary/aromatic N) is 3. The molecule has 1 N–H and O–H groups in total. The minimum absolute atomic E-state index is 0.298. The average Bonchev–Trinajstić information content (AvgIpc) is 3.00. The predicted octanol–water partition coefficient (Wildman–Crippen LogP) is 4.32. The summed E-state index contributed by atoms with van der Waals surface area (Å²) in [5.41, 5.74) is 4.89. The Morgan fingerprint density at radius 2 is 1.79 bits per heavy atom. The van der Waals surface area contributed by atoms with Gasteiger partial charge in [0, 0.05) is 24.0 Å². The Morgan fingerprint density at radius 1 is 0.958 bits per heavy atom. The van der Waals surface area contributed by atoms with Crippen LogP contribution in [-0.4, -0.2) is 27.6 Å². The standard InChI is InChI=1S/C19H17FN4/c20-11-3-12-21-15-8-6-14(7-9-15)16-10-13-24-18-5-2-1-4-17(18)23-19(24)22-16/h1-2,4-10,13,21H,3,11-12H2. The molecule has 120 valence electrons. The van der Waals surface area contributed by atoms with Crippen molar-refractivity contribution in [3.05, 3.63) is 60.8 Å². The van der Waals surface area contributed by atoms with Crippen molar-refractivity contribution in [2.45, 2.75) is 6.42 Å². The first-order valence-corrected chi connectivity index (χ1v) is 7.99. The van der Waals surface area contributed by atoms with Crippen LogP contribution in [0, 0.1) is 0 Å². The van der Waals surface area contributed by atoms with Gasteiger partial charge in [-0.3, -0.25) is 8.79 Å². The molecular weight excluding hydrogens is 303 g/mol. The van der Waals surface area contributed by atoms with E-state index in [0.29, 0.717) is 18.7 Å². The highest BCUT2D eigenvalue weighted by molar-refractivity contribution is 5.80. The number of anilines is 1. The summed E-state index contributed by atoms with van der Waals surface area (Å²) >= 11 is 0. The maximum atomic E-state index is 12.1. The molecule has 2 aromatic carbocycles. The van der Waals surface area contributed by atoms with Crippen LogP contribution in [0.3, 0.4) is 0 Å². The number of hydrogen-bond donors (Lipinski definition) is 1. The average molecular weight is 320 g/mol. The van der Waals surface area contributed by atoms with Gasteiger partial charge in [-0.25, -0.2) is 9.97 Å². The van der Waals surface area contributed by atoms with E-state index >= 15 is 0 Å². The van der Waals surface area contributed by atoms with E-state index in [1.54, 1.807) is 0 Å². The Bertz CT molecular complexity index is 976. The first-order valence-electron chi connectivity index (χ1n) is 7.99. The summed E-state index contributed by atoms with van der Waals surface area (Å²) in [6.07, 6.45) is 2.52. The number of fused-ring (bicyclic) bond motifs is 3. The van der Waals surface area contributed by atoms with Crippen LogP contribution in [0.1, 0.15) is 6.42 Å². The summed E-state index contributed by atoms with van der Waals surface area (Å²) in [5, 5.41) is 3.19. The van der Waals surface area contributed by atoms with E-state index in [1.165, 1.54) is 0 Å². The quantitative estimate of drug-likeness (QED) is 0.557. The number of benzene rings is 2. The molecule has 2 aromatic heterocycles. The van der Waals surface area contributed by atoms with Gasteiger partial charge in [0.05, 0.1) is 23.4 Å². The zero-order valence-corrected chi connectivity index (χ0v) is 13.1. The fraction of sp³-hybridized carbons (Fsp3) is 0.158. The lowest BCUT2D eigenvalue weighted by atomic mass is 10.1. The van der Waals surface area contributed by atoms with Crippen LogP contribution >= 0.6 is 0 Å². The van der Waals surface area contributed by atoms with Crippen LogP contribution in [-0.2, 0) is 0 Å². The van der Waals surface area contributed by atoms with Crippen LogP contribution < -0.4 is 5.32 Å². The molecular formula is C19H17FN4. The van der Waals surface area contributed by atoms with Crippen molar-refractivity contribution in [3.8, 4) is 11.3 Å². The number of nitrogens with one attached hydrogen (secondary N) is 1. The van der Waals surface area contributed by atoms with Gasteiger partial charge in [-0.15, -0.1) is 0 Å². The van der Waals surface area contributed by atoms with Crippen LogP contribution in [0.5, 0.6) is 0 Å². The fourth-order valence-electron chi connectivity index (χ4n) is 2.77. The Labute approximate surface area is 139 Å². The smallest absolute Gasteiger partial charge is 0.235 e. The summed E-state index contributed by atoms with van der Waals surface area (Å²) in [7, 11) is 0. The summed E-state index contributed by atoms with van der Waals surface area (Å²) < 4.78 is 14.1.